The highest BCUT2D eigenvalue weighted by molar-refractivity contribution is 7.15. The van der Waals surface area contributed by atoms with Crippen LogP contribution in [0.4, 0.5) is 4.39 Å². The van der Waals surface area contributed by atoms with E-state index in [9.17, 15) is 9.18 Å². The number of thiazole rings is 1. The number of carbonyl (C=O) groups is 1. The number of aromatic nitrogens is 3. The number of fused-ring (bicyclic) bond motifs is 1. The second-order valence-electron chi connectivity index (χ2n) is 5.75. The third-order valence-electron chi connectivity index (χ3n) is 3.87. The molecule has 3 aromatic heterocycles. The molecule has 6 nitrogen and oxygen atoms in total. The Kier molecular flexibility index (Phi) is 4.80. The maximum absolute atomic E-state index is 13.1. The van der Waals surface area contributed by atoms with Gasteiger partial charge >= 0.3 is 0 Å². The van der Waals surface area contributed by atoms with Crippen LogP contribution in [0.5, 0.6) is 0 Å². The van der Waals surface area contributed by atoms with Crippen LogP contribution in [0.2, 0.25) is 0 Å². The molecule has 8 heteroatoms. The van der Waals surface area contributed by atoms with Crippen LogP contribution in [0.25, 0.3) is 22.4 Å². The lowest BCUT2D eigenvalue weighted by molar-refractivity contribution is -0.116. The molecular weight excluding hydrogens is 367 g/mol. The van der Waals surface area contributed by atoms with Crippen molar-refractivity contribution in [3.05, 3.63) is 71.4 Å². The monoisotopic (exact) mass is 382 g/mol. The van der Waals surface area contributed by atoms with Crippen molar-refractivity contribution in [1.82, 2.24) is 19.9 Å². The second-order valence-corrected chi connectivity index (χ2v) is 6.59. The second kappa shape index (κ2) is 7.55. The lowest BCUT2D eigenvalue weighted by atomic mass is 10.2. The quantitative estimate of drug-likeness (QED) is 0.518. The molecule has 0 radical (unpaired) electrons. The molecule has 0 aliphatic carbocycles. The smallest absolute Gasteiger partial charge is 0.244 e. The van der Waals surface area contributed by atoms with Crippen LogP contribution in [0.3, 0.4) is 0 Å². The number of furan rings is 1. The molecule has 3 heterocycles. The molecule has 0 aliphatic rings. The van der Waals surface area contributed by atoms with E-state index < -0.39 is 0 Å². The molecule has 0 spiro atoms. The van der Waals surface area contributed by atoms with E-state index >= 15 is 0 Å². The zero-order valence-corrected chi connectivity index (χ0v) is 14.9. The molecule has 27 heavy (non-hydrogen) atoms. The van der Waals surface area contributed by atoms with Crippen LogP contribution in [0.1, 0.15) is 11.5 Å². The van der Waals surface area contributed by atoms with Crippen molar-refractivity contribution >= 4 is 28.3 Å². The number of nitrogens with zero attached hydrogens (tertiary/aromatic N) is 3. The highest BCUT2D eigenvalue weighted by Crippen LogP contribution is 2.21. The summed E-state index contributed by atoms with van der Waals surface area (Å²) >= 11 is 1.48. The summed E-state index contributed by atoms with van der Waals surface area (Å²) in [4.78, 5) is 17.1. The van der Waals surface area contributed by atoms with Gasteiger partial charge in [0.05, 0.1) is 12.0 Å². The molecule has 0 atom stereocenters. The van der Waals surface area contributed by atoms with Gasteiger partial charge in [0, 0.05) is 30.0 Å². The van der Waals surface area contributed by atoms with Crippen molar-refractivity contribution in [2.24, 2.45) is 0 Å². The largest absolute Gasteiger partial charge is 0.465 e. The van der Waals surface area contributed by atoms with Crippen molar-refractivity contribution < 1.29 is 13.6 Å². The maximum Gasteiger partial charge on any atom is 0.244 e. The Hall–Kier alpha value is -3.26. The van der Waals surface area contributed by atoms with E-state index in [1.165, 1.54) is 29.5 Å². The van der Waals surface area contributed by atoms with E-state index in [0.717, 1.165) is 16.2 Å². The summed E-state index contributed by atoms with van der Waals surface area (Å²) in [6.07, 6.45) is 5.22. The summed E-state index contributed by atoms with van der Waals surface area (Å²) in [7, 11) is 0. The van der Waals surface area contributed by atoms with Gasteiger partial charge in [-0.2, -0.15) is 4.98 Å². The number of nitrogens with one attached hydrogen (secondary N) is 1. The highest BCUT2D eigenvalue weighted by Gasteiger charge is 2.11. The van der Waals surface area contributed by atoms with Crippen molar-refractivity contribution in [3.63, 3.8) is 0 Å². The van der Waals surface area contributed by atoms with E-state index in [1.807, 2.05) is 5.38 Å². The number of carbonyl (C=O) groups excluding carboxylic acids is 1. The van der Waals surface area contributed by atoms with E-state index in [1.54, 1.807) is 41.1 Å². The minimum atomic E-state index is -0.294. The summed E-state index contributed by atoms with van der Waals surface area (Å²) < 4.78 is 20.0. The number of amides is 1. The summed E-state index contributed by atoms with van der Waals surface area (Å²) in [5.41, 5.74) is 1.71. The summed E-state index contributed by atoms with van der Waals surface area (Å²) in [5, 5.41) is 9.29. The molecule has 4 rings (SSSR count). The van der Waals surface area contributed by atoms with Crippen LogP contribution in [0.15, 0.2) is 58.5 Å². The molecule has 0 aliphatic heterocycles. The Morgan fingerprint density at radius 2 is 2.15 bits per heavy atom. The first-order chi connectivity index (χ1) is 13.2. The van der Waals surface area contributed by atoms with Crippen LogP contribution < -0.4 is 5.32 Å². The number of benzene rings is 1. The van der Waals surface area contributed by atoms with E-state index in [0.29, 0.717) is 24.6 Å². The van der Waals surface area contributed by atoms with Crippen molar-refractivity contribution in [2.75, 3.05) is 6.54 Å². The van der Waals surface area contributed by atoms with Crippen molar-refractivity contribution in [1.29, 1.82) is 0 Å². The summed E-state index contributed by atoms with van der Waals surface area (Å²) in [6, 6.07) is 9.61. The third kappa shape index (κ3) is 3.95. The molecule has 0 saturated heterocycles. The molecule has 0 saturated carbocycles. The normalized spacial score (nSPS) is 11.4. The molecule has 1 N–H and O–H groups in total. The predicted molar refractivity (Wildman–Crippen MR) is 101 cm³/mol. The van der Waals surface area contributed by atoms with Crippen LogP contribution >= 0.6 is 11.3 Å². The molecule has 0 unspecified atom stereocenters. The minimum absolute atomic E-state index is 0.191. The molecular formula is C19H15FN4O2S. The van der Waals surface area contributed by atoms with Gasteiger partial charge in [-0.05, 0) is 42.5 Å². The van der Waals surface area contributed by atoms with Gasteiger partial charge in [0.25, 0.3) is 0 Å². The molecule has 136 valence electrons. The minimum Gasteiger partial charge on any atom is -0.465 e. The number of hydrogen-bond donors (Lipinski definition) is 1. The Morgan fingerprint density at radius 1 is 1.30 bits per heavy atom. The predicted octanol–water partition coefficient (Wildman–Crippen LogP) is 3.56. The van der Waals surface area contributed by atoms with Gasteiger partial charge in [-0.25, -0.2) is 8.91 Å². The first-order valence-electron chi connectivity index (χ1n) is 8.27. The molecule has 1 amide bonds. The summed E-state index contributed by atoms with van der Waals surface area (Å²) in [6.45, 7) is 0.471. The Balaban J connectivity index is 1.39. The number of hydrogen-bond acceptors (Lipinski definition) is 5. The van der Waals surface area contributed by atoms with Gasteiger partial charge in [0.2, 0.25) is 10.9 Å². The third-order valence-corrected chi connectivity index (χ3v) is 4.74. The molecule has 4 aromatic rings. The maximum atomic E-state index is 13.1. The van der Waals surface area contributed by atoms with Gasteiger partial charge < -0.3 is 9.73 Å². The number of halogens is 1. The Labute approximate surface area is 158 Å². The van der Waals surface area contributed by atoms with Gasteiger partial charge in [-0.1, -0.05) is 0 Å². The average Bonchev–Trinajstić information content (AvgIpc) is 3.39. The van der Waals surface area contributed by atoms with Crippen LogP contribution in [0, 0.1) is 5.82 Å². The van der Waals surface area contributed by atoms with E-state index in [4.69, 9.17) is 4.42 Å². The first kappa shape index (κ1) is 17.2. The zero-order valence-electron chi connectivity index (χ0n) is 14.1. The van der Waals surface area contributed by atoms with Gasteiger partial charge in [-0.3, -0.25) is 4.79 Å². The number of rotatable bonds is 6. The van der Waals surface area contributed by atoms with Gasteiger partial charge in [0.1, 0.15) is 11.6 Å². The first-order valence-corrected chi connectivity index (χ1v) is 9.15. The fourth-order valence-electron chi connectivity index (χ4n) is 2.53. The lowest BCUT2D eigenvalue weighted by Crippen LogP contribution is -2.23. The van der Waals surface area contributed by atoms with Gasteiger partial charge in [-0.15, -0.1) is 16.4 Å². The topological polar surface area (TPSA) is 72.4 Å². The summed E-state index contributed by atoms with van der Waals surface area (Å²) in [5.74, 6) is 0.690. The average molecular weight is 382 g/mol. The van der Waals surface area contributed by atoms with Crippen LogP contribution in [-0.2, 0) is 11.2 Å². The Morgan fingerprint density at radius 3 is 2.93 bits per heavy atom. The van der Waals surface area contributed by atoms with Gasteiger partial charge in [0.15, 0.2) is 5.82 Å². The standard InChI is InChI=1S/C19H15FN4O2S/c20-14-5-3-13(4-6-14)18-22-19-24(23-18)15(12-27-19)9-10-21-17(25)8-7-16-2-1-11-26-16/h1-8,11-12H,9-10H2,(H,21,25). The molecule has 0 fully saturated rings. The lowest BCUT2D eigenvalue weighted by Gasteiger charge is -2.01. The van der Waals surface area contributed by atoms with Crippen molar-refractivity contribution in [2.45, 2.75) is 6.42 Å². The van der Waals surface area contributed by atoms with Crippen molar-refractivity contribution in [3.8, 4) is 11.4 Å². The zero-order chi connectivity index (χ0) is 18.6. The molecule has 0 bridgehead atoms. The van der Waals surface area contributed by atoms with Crippen LogP contribution in [-0.4, -0.2) is 27.0 Å². The Bertz CT molecular complexity index is 1080. The SMILES string of the molecule is O=C(C=Cc1ccco1)NCCc1csc2nc(-c3ccc(F)cc3)nn12. The fraction of sp³-hybridized carbons (Fsp3) is 0.105. The fourth-order valence-corrected chi connectivity index (χ4v) is 3.39. The molecule has 1 aromatic carbocycles. The van der Waals surface area contributed by atoms with E-state index in [-0.39, 0.29) is 11.7 Å². The van der Waals surface area contributed by atoms with E-state index in [2.05, 4.69) is 15.4 Å². The highest BCUT2D eigenvalue weighted by atomic mass is 32.1.